The summed E-state index contributed by atoms with van der Waals surface area (Å²) in [5.74, 6) is 0. The number of aromatic nitrogens is 2. The Morgan fingerprint density at radius 1 is 1.33 bits per heavy atom. The van der Waals surface area contributed by atoms with E-state index in [-0.39, 0.29) is 4.70 Å². The van der Waals surface area contributed by atoms with Gasteiger partial charge in [-0.05, 0) is 0 Å². The third kappa shape index (κ3) is 8.99. The van der Waals surface area contributed by atoms with Crippen LogP contribution in [0.5, 0.6) is 0 Å². The van der Waals surface area contributed by atoms with E-state index in [1.165, 1.54) is 0 Å². The molecule has 0 bridgehead atoms. The maximum absolute atomic E-state index is 9.67. The number of hydrogen-bond donors (Lipinski definition) is 0. The Kier molecular flexibility index (Phi) is 7.57. The summed E-state index contributed by atoms with van der Waals surface area (Å²) in [5, 5.41) is 0. The minimum atomic E-state index is -3.67. The van der Waals surface area contributed by atoms with Gasteiger partial charge in [0.1, 0.15) is 12.4 Å². The second kappa shape index (κ2) is 6.69. The fraction of sp³-hybridized carbons (Fsp3) is 0.400. The molecule has 1 aromatic rings. The van der Waals surface area contributed by atoms with Crippen LogP contribution in [-0.2, 0) is 14.1 Å². The van der Waals surface area contributed by atoms with Gasteiger partial charge in [0, 0.05) is 0 Å². The highest BCUT2D eigenvalue weighted by Gasteiger charge is 2.06. The summed E-state index contributed by atoms with van der Waals surface area (Å²) < 4.78 is 33.0. The van der Waals surface area contributed by atoms with E-state index in [2.05, 4.69) is 0 Å². The van der Waals surface area contributed by atoms with Crippen molar-refractivity contribution in [3.8, 4) is 0 Å². The fourth-order valence-corrected chi connectivity index (χ4v) is 0.575. The van der Waals surface area contributed by atoms with Crippen molar-refractivity contribution in [2.45, 2.75) is 0 Å². The summed E-state index contributed by atoms with van der Waals surface area (Å²) in [6, 6.07) is 0. The second-order valence-corrected chi connectivity index (χ2v) is 1.99. The van der Waals surface area contributed by atoms with Crippen molar-refractivity contribution >= 4 is 7.54 Å². The number of rotatable bonds is 0. The Bertz CT molecular complexity index is 184. The molecule has 0 radical (unpaired) electrons. The smallest absolute Gasteiger partial charge is 0.762 e. The van der Waals surface area contributed by atoms with Crippen molar-refractivity contribution in [3.63, 3.8) is 0 Å². The van der Waals surface area contributed by atoms with Crippen molar-refractivity contribution in [3.05, 3.63) is 18.7 Å². The van der Waals surface area contributed by atoms with E-state index in [0.717, 1.165) is 0 Å². The highest BCUT2D eigenvalue weighted by molar-refractivity contribution is 6.33. The van der Waals surface area contributed by atoms with Gasteiger partial charge in [0.05, 0.1) is 14.1 Å². The van der Waals surface area contributed by atoms with Crippen LogP contribution in [0.15, 0.2) is 18.7 Å². The summed E-state index contributed by atoms with van der Waals surface area (Å²) >= 11 is 0. The molecule has 12 heavy (non-hydrogen) atoms. The van der Waals surface area contributed by atoms with Crippen LogP contribution in [0.3, 0.4) is 0 Å². The van der Waals surface area contributed by atoms with Crippen LogP contribution in [-0.4, -0.2) is 12.1 Å². The number of hydrogen-bond acceptors (Lipinski definition) is 0. The largest absolute Gasteiger partial charge is 1.00 e. The predicted molar refractivity (Wildman–Crippen MR) is 35.7 cm³/mol. The van der Waals surface area contributed by atoms with Crippen molar-refractivity contribution < 1.29 is 22.2 Å². The third-order valence-electron chi connectivity index (χ3n) is 0.901. The summed E-state index contributed by atoms with van der Waals surface area (Å²) in [5.41, 5.74) is 0. The van der Waals surface area contributed by atoms with Crippen molar-refractivity contribution in [1.82, 2.24) is 4.57 Å². The van der Waals surface area contributed by atoms with E-state index >= 15 is 0 Å². The van der Waals surface area contributed by atoms with Crippen molar-refractivity contribution in [2.75, 3.05) is 0 Å². The molecule has 1 aromatic heterocycles. The monoisotopic (exact) mass is 184 g/mol. The highest BCUT2D eigenvalue weighted by atomic mass is 19.4. The lowest BCUT2D eigenvalue weighted by molar-refractivity contribution is -0.670. The quantitative estimate of drug-likeness (QED) is 0.244. The zero-order valence-corrected chi connectivity index (χ0v) is 6.72. The van der Waals surface area contributed by atoms with Gasteiger partial charge in [0.15, 0.2) is 0 Å². The summed E-state index contributed by atoms with van der Waals surface area (Å²) in [4.78, 5) is 0. The molecule has 1 heterocycles. The van der Waals surface area contributed by atoms with Crippen LogP contribution >= 0.6 is 0 Å². The third-order valence-corrected chi connectivity index (χ3v) is 0.901. The van der Waals surface area contributed by atoms with E-state index < -0.39 is 7.54 Å². The Hall–Kier alpha value is -1.01. The van der Waals surface area contributed by atoms with Crippen molar-refractivity contribution in [2.24, 2.45) is 14.1 Å². The van der Waals surface area contributed by atoms with E-state index in [1.807, 2.05) is 42.0 Å². The summed E-state index contributed by atoms with van der Waals surface area (Å²) in [6.07, 6.45) is 6.00. The molecule has 0 aliphatic rings. The molecular weight excluding hydrogens is 175 g/mol. The lowest BCUT2D eigenvalue weighted by Gasteiger charge is -1.72. The molecule has 0 atom stereocenters. The lowest BCUT2D eigenvalue weighted by atomic mass is 10.5. The topological polar surface area (TPSA) is 8.81 Å². The molecule has 0 fully saturated rings. The maximum atomic E-state index is 9.67. The Morgan fingerprint density at radius 3 is 1.83 bits per heavy atom. The highest BCUT2D eigenvalue weighted by Crippen LogP contribution is 1.80. The number of aryl methyl sites for hydroxylation is 2. The molecule has 0 saturated carbocycles. The Balaban J connectivity index is 0. The van der Waals surface area contributed by atoms with Gasteiger partial charge >= 0.3 is 7.54 Å². The zero-order valence-electron chi connectivity index (χ0n) is 6.72. The van der Waals surface area contributed by atoms with Gasteiger partial charge in [-0.15, -0.1) is 0 Å². The normalized spacial score (nSPS) is 7.75. The Labute approximate surface area is 68.2 Å². The second-order valence-electron chi connectivity index (χ2n) is 1.99. The van der Waals surface area contributed by atoms with Gasteiger partial charge in [0.25, 0.3) is 0 Å². The number of halogens is 4. The molecule has 0 aromatic carbocycles. The molecule has 2 nitrogen and oxygen atoms in total. The molecule has 7 heteroatoms. The van der Waals surface area contributed by atoms with Gasteiger partial charge < -0.3 is 4.70 Å². The van der Waals surface area contributed by atoms with Gasteiger partial charge in [-0.2, -0.15) is 0 Å². The van der Waals surface area contributed by atoms with Crippen LogP contribution in [0.4, 0.5) is 12.9 Å². The number of imidazole rings is 1. The predicted octanol–water partition coefficient (Wildman–Crippen LogP) is -2.27. The van der Waals surface area contributed by atoms with E-state index in [1.54, 1.807) is 0 Å². The molecule has 0 aliphatic carbocycles. The van der Waals surface area contributed by atoms with Crippen molar-refractivity contribution in [1.29, 1.82) is 0 Å². The summed E-state index contributed by atoms with van der Waals surface area (Å²) in [6.45, 7) is 0. The van der Waals surface area contributed by atoms with Gasteiger partial charge in [-0.3, -0.25) is 12.9 Å². The summed E-state index contributed by atoms with van der Waals surface area (Å²) in [7, 11) is 0.333. The molecule has 0 saturated heterocycles. The molecule has 70 valence electrons. The molecule has 1 rings (SSSR count). The van der Waals surface area contributed by atoms with Gasteiger partial charge in [0.2, 0.25) is 6.33 Å². The van der Waals surface area contributed by atoms with Crippen LogP contribution in [0.1, 0.15) is 0 Å². The standard InChI is InChI=1S/C5H9N2.BF3.FH/c1-6-3-4-7(2)5-6;2-1(3)4;/h3-5H,1-2H3;;1H/q+1;;/p-1. The fourth-order valence-electron chi connectivity index (χ4n) is 0.575. The van der Waals surface area contributed by atoms with E-state index in [9.17, 15) is 12.9 Å². The van der Waals surface area contributed by atoms with Crippen LogP contribution in [0.25, 0.3) is 0 Å². The molecule has 0 unspecified atom stereocenters. The molecule has 0 amide bonds. The maximum Gasteiger partial charge on any atom is 0.762 e. The lowest BCUT2D eigenvalue weighted by Crippen LogP contribution is -3.00. The van der Waals surface area contributed by atoms with Gasteiger partial charge in [-0.25, -0.2) is 9.13 Å². The molecular formula is C5H9BF4N2. The van der Waals surface area contributed by atoms with E-state index in [0.29, 0.717) is 0 Å². The minimum absolute atomic E-state index is 0. The minimum Gasteiger partial charge on any atom is -1.00 e. The molecule has 0 N–H and O–H groups in total. The van der Waals surface area contributed by atoms with Crippen LogP contribution < -0.4 is 9.27 Å². The average molecular weight is 184 g/mol. The first kappa shape index (κ1) is 13.6. The zero-order chi connectivity index (χ0) is 8.85. The average Bonchev–Trinajstić information content (AvgIpc) is 2.13. The SMILES string of the molecule is Cn1cc[n+](C)c1.FB(F)F.[F-]. The Morgan fingerprint density at radius 2 is 1.75 bits per heavy atom. The van der Waals surface area contributed by atoms with Crippen LogP contribution in [0, 0.1) is 0 Å². The first-order chi connectivity index (χ1) is 5.02. The van der Waals surface area contributed by atoms with Crippen LogP contribution in [0.2, 0.25) is 0 Å². The number of nitrogens with zero attached hydrogens (tertiary/aromatic N) is 2. The van der Waals surface area contributed by atoms with Gasteiger partial charge in [-0.1, -0.05) is 0 Å². The first-order valence-corrected chi connectivity index (χ1v) is 2.92. The first-order valence-electron chi connectivity index (χ1n) is 2.92. The molecule has 0 aliphatic heterocycles. The molecule has 0 spiro atoms. The van der Waals surface area contributed by atoms with E-state index in [4.69, 9.17) is 0 Å².